The fourth-order valence-corrected chi connectivity index (χ4v) is 1.74. The lowest BCUT2D eigenvalue weighted by Crippen LogP contribution is -2.29. The molecule has 1 aliphatic heterocycles. The minimum Gasteiger partial charge on any atom is -0.381 e. The molecule has 1 N–H and O–H groups in total. The Hall–Kier alpha value is -0.330. The molecule has 0 amide bonds. The molecular formula is C11H20F3NO2. The Bertz CT molecular complexity index is 194. The fraction of sp³-hybridized carbons (Fsp3) is 1.00. The molecule has 102 valence electrons. The zero-order valence-electron chi connectivity index (χ0n) is 9.89. The lowest BCUT2D eigenvalue weighted by molar-refractivity contribution is -0.173. The van der Waals surface area contributed by atoms with Crippen molar-refractivity contribution in [3.8, 4) is 0 Å². The van der Waals surface area contributed by atoms with Crippen molar-refractivity contribution in [3.05, 3.63) is 0 Å². The number of halogens is 3. The molecule has 6 heteroatoms. The van der Waals surface area contributed by atoms with Gasteiger partial charge < -0.3 is 14.8 Å². The van der Waals surface area contributed by atoms with Crippen LogP contribution in [0.2, 0.25) is 0 Å². The average Bonchev–Trinajstić information content (AvgIpc) is 2.28. The van der Waals surface area contributed by atoms with E-state index in [1.165, 1.54) is 0 Å². The maximum absolute atomic E-state index is 11.7. The molecule has 1 saturated heterocycles. The quantitative estimate of drug-likeness (QED) is 0.706. The van der Waals surface area contributed by atoms with E-state index in [0.29, 0.717) is 18.9 Å². The maximum Gasteiger partial charge on any atom is 0.411 e. The van der Waals surface area contributed by atoms with Gasteiger partial charge in [0.2, 0.25) is 0 Å². The van der Waals surface area contributed by atoms with Crippen molar-refractivity contribution in [1.29, 1.82) is 0 Å². The Morgan fingerprint density at radius 2 is 1.94 bits per heavy atom. The van der Waals surface area contributed by atoms with E-state index in [4.69, 9.17) is 4.74 Å². The summed E-state index contributed by atoms with van der Waals surface area (Å²) in [7, 11) is 0. The summed E-state index contributed by atoms with van der Waals surface area (Å²) in [5, 5.41) is 3.24. The fourth-order valence-electron chi connectivity index (χ4n) is 1.74. The first-order chi connectivity index (χ1) is 8.08. The van der Waals surface area contributed by atoms with E-state index in [2.05, 4.69) is 10.1 Å². The predicted molar refractivity (Wildman–Crippen MR) is 57.9 cm³/mol. The van der Waals surface area contributed by atoms with Crippen LogP contribution in [-0.4, -0.2) is 45.7 Å². The Morgan fingerprint density at radius 1 is 1.24 bits per heavy atom. The molecule has 0 aromatic heterocycles. The van der Waals surface area contributed by atoms with Crippen molar-refractivity contribution < 1.29 is 22.6 Å². The molecular weight excluding hydrogens is 235 g/mol. The number of hydrogen-bond acceptors (Lipinski definition) is 3. The standard InChI is InChI=1S/C11H20F3NO2/c12-11(13,14)9-17-5-1-4-15-8-10-2-6-16-7-3-10/h10,15H,1-9H2. The Morgan fingerprint density at radius 3 is 2.59 bits per heavy atom. The van der Waals surface area contributed by atoms with Gasteiger partial charge in [0, 0.05) is 19.8 Å². The zero-order valence-corrected chi connectivity index (χ0v) is 9.89. The van der Waals surface area contributed by atoms with Gasteiger partial charge in [0.25, 0.3) is 0 Å². The Balaban J connectivity index is 1.84. The monoisotopic (exact) mass is 255 g/mol. The van der Waals surface area contributed by atoms with Gasteiger partial charge in [-0.05, 0) is 38.3 Å². The molecule has 0 bridgehead atoms. The number of rotatable bonds is 7. The first-order valence-electron chi connectivity index (χ1n) is 6.01. The second kappa shape index (κ2) is 7.89. The molecule has 1 rings (SSSR count). The van der Waals surface area contributed by atoms with Gasteiger partial charge in [-0.1, -0.05) is 0 Å². The summed E-state index contributed by atoms with van der Waals surface area (Å²) in [5.41, 5.74) is 0. The van der Waals surface area contributed by atoms with E-state index in [0.717, 1.165) is 32.6 Å². The lowest BCUT2D eigenvalue weighted by Gasteiger charge is -2.22. The molecule has 0 atom stereocenters. The van der Waals surface area contributed by atoms with Gasteiger partial charge in [0.15, 0.2) is 0 Å². The van der Waals surface area contributed by atoms with Crippen LogP contribution in [0.5, 0.6) is 0 Å². The molecule has 3 nitrogen and oxygen atoms in total. The molecule has 0 aliphatic carbocycles. The molecule has 0 aromatic carbocycles. The van der Waals surface area contributed by atoms with E-state index in [1.807, 2.05) is 0 Å². The van der Waals surface area contributed by atoms with Crippen LogP contribution in [-0.2, 0) is 9.47 Å². The Labute approximate surface area is 99.7 Å². The second-order valence-corrected chi connectivity index (χ2v) is 4.28. The second-order valence-electron chi connectivity index (χ2n) is 4.28. The highest BCUT2D eigenvalue weighted by Crippen LogP contribution is 2.14. The largest absolute Gasteiger partial charge is 0.411 e. The number of alkyl halides is 3. The third-order valence-corrected chi connectivity index (χ3v) is 2.68. The first kappa shape index (κ1) is 14.7. The van der Waals surface area contributed by atoms with Crippen LogP contribution in [0, 0.1) is 5.92 Å². The minimum absolute atomic E-state index is 0.153. The predicted octanol–water partition coefficient (Wildman–Crippen LogP) is 1.97. The minimum atomic E-state index is -4.21. The highest BCUT2D eigenvalue weighted by molar-refractivity contribution is 4.65. The summed E-state index contributed by atoms with van der Waals surface area (Å²) in [6.07, 6.45) is -1.47. The molecule has 17 heavy (non-hydrogen) atoms. The van der Waals surface area contributed by atoms with Crippen molar-refractivity contribution in [2.45, 2.75) is 25.4 Å². The van der Waals surface area contributed by atoms with Crippen LogP contribution in [0.25, 0.3) is 0 Å². The summed E-state index contributed by atoms with van der Waals surface area (Å²) >= 11 is 0. The van der Waals surface area contributed by atoms with Gasteiger partial charge in [-0.3, -0.25) is 0 Å². The number of hydrogen-bond donors (Lipinski definition) is 1. The highest BCUT2D eigenvalue weighted by Gasteiger charge is 2.27. The molecule has 0 aromatic rings. The molecule has 1 aliphatic rings. The Kier molecular flexibility index (Phi) is 6.84. The van der Waals surface area contributed by atoms with E-state index in [9.17, 15) is 13.2 Å². The molecule has 0 unspecified atom stereocenters. The number of ether oxygens (including phenoxy) is 2. The van der Waals surface area contributed by atoms with Gasteiger partial charge in [-0.2, -0.15) is 13.2 Å². The summed E-state index contributed by atoms with van der Waals surface area (Å²) in [5.74, 6) is 0.639. The molecule has 1 fully saturated rings. The van der Waals surface area contributed by atoms with Crippen molar-refractivity contribution in [3.63, 3.8) is 0 Å². The van der Waals surface area contributed by atoms with Gasteiger partial charge >= 0.3 is 6.18 Å². The summed E-state index contributed by atoms with van der Waals surface area (Å²) in [4.78, 5) is 0. The van der Waals surface area contributed by atoms with Gasteiger partial charge in [-0.25, -0.2) is 0 Å². The molecule has 1 heterocycles. The van der Waals surface area contributed by atoms with Gasteiger partial charge in [-0.15, -0.1) is 0 Å². The topological polar surface area (TPSA) is 30.5 Å². The number of nitrogens with one attached hydrogen (secondary N) is 1. The van der Waals surface area contributed by atoms with Crippen LogP contribution in [0.4, 0.5) is 13.2 Å². The van der Waals surface area contributed by atoms with Crippen LogP contribution in [0.1, 0.15) is 19.3 Å². The highest BCUT2D eigenvalue weighted by atomic mass is 19.4. The normalized spacial score (nSPS) is 18.5. The summed E-state index contributed by atoms with van der Waals surface area (Å²) in [6.45, 7) is 2.27. The van der Waals surface area contributed by atoms with E-state index >= 15 is 0 Å². The lowest BCUT2D eigenvalue weighted by atomic mass is 10.0. The third kappa shape index (κ3) is 8.40. The third-order valence-electron chi connectivity index (χ3n) is 2.68. The van der Waals surface area contributed by atoms with E-state index < -0.39 is 12.8 Å². The van der Waals surface area contributed by atoms with Gasteiger partial charge in [0.05, 0.1) is 0 Å². The molecule has 0 spiro atoms. The van der Waals surface area contributed by atoms with Crippen LogP contribution in [0.3, 0.4) is 0 Å². The molecule has 0 radical (unpaired) electrons. The smallest absolute Gasteiger partial charge is 0.381 e. The zero-order chi connectivity index (χ0) is 12.6. The van der Waals surface area contributed by atoms with Gasteiger partial charge in [0.1, 0.15) is 6.61 Å². The summed E-state index contributed by atoms with van der Waals surface area (Å²) < 4.78 is 44.9. The van der Waals surface area contributed by atoms with Crippen molar-refractivity contribution in [2.24, 2.45) is 5.92 Å². The summed E-state index contributed by atoms with van der Waals surface area (Å²) in [6, 6.07) is 0. The van der Waals surface area contributed by atoms with E-state index in [-0.39, 0.29) is 6.61 Å². The van der Waals surface area contributed by atoms with Crippen LogP contribution >= 0.6 is 0 Å². The van der Waals surface area contributed by atoms with Crippen LogP contribution in [0.15, 0.2) is 0 Å². The van der Waals surface area contributed by atoms with Crippen molar-refractivity contribution >= 4 is 0 Å². The van der Waals surface area contributed by atoms with Crippen molar-refractivity contribution in [2.75, 3.05) is 39.5 Å². The SMILES string of the molecule is FC(F)(F)COCCCNCC1CCOCC1. The van der Waals surface area contributed by atoms with Crippen molar-refractivity contribution in [1.82, 2.24) is 5.32 Å². The first-order valence-corrected chi connectivity index (χ1v) is 6.01. The molecule has 0 saturated carbocycles. The maximum atomic E-state index is 11.7. The average molecular weight is 255 g/mol. The van der Waals surface area contributed by atoms with E-state index in [1.54, 1.807) is 0 Å². The van der Waals surface area contributed by atoms with Crippen LogP contribution < -0.4 is 5.32 Å².